The molecule has 0 aromatic heterocycles. The summed E-state index contributed by atoms with van der Waals surface area (Å²) >= 11 is 0. The van der Waals surface area contributed by atoms with Crippen molar-refractivity contribution in [2.45, 2.75) is 68.7 Å². The molecule has 0 spiro atoms. The highest BCUT2D eigenvalue weighted by Gasteiger charge is 2.08. The highest BCUT2D eigenvalue weighted by molar-refractivity contribution is 5.77. The predicted molar refractivity (Wildman–Crippen MR) is 225 cm³/mol. The molecule has 0 amide bonds. The fourth-order valence-electron chi connectivity index (χ4n) is 5.04. The Bertz CT molecular complexity index is 1830. The van der Waals surface area contributed by atoms with Crippen LogP contribution in [0.2, 0.25) is 0 Å². The number of hydrogen-bond acceptors (Lipinski definition) is 0. The van der Waals surface area contributed by atoms with Crippen molar-refractivity contribution in [1.82, 2.24) is 0 Å². The minimum absolute atomic E-state index is 0.963. The minimum atomic E-state index is 0.963. The lowest BCUT2D eigenvalue weighted by Gasteiger charge is -2.13. The first kappa shape index (κ1) is 41.0. The zero-order valence-corrected chi connectivity index (χ0v) is 32.0. The Balaban J connectivity index is 0.000000312. The molecule has 0 atom stereocenters. The lowest BCUT2D eigenvalue weighted by Crippen LogP contribution is -1.91. The number of allylic oxidation sites excluding steroid dienone is 3. The van der Waals surface area contributed by atoms with E-state index in [1.54, 1.807) is 0 Å². The van der Waals surface area contributed by atoms with Crippen LogP contribution in [0.1, 0.15) is 69.4 Å². The summed E-state index contributed by atoms with van der Waals surface area (Å²) in [7, 11) is 0. The third kappa shape index (κ3) is 14.5. The normalized spacial score (nSPS) is 9.78. The molecule has 0 aliphatic carbocycles. The van der Waals surface area contributed by atoms with Gasteiger partial charge in [0.15, 0.2) is 0 Å². The highest BCUT2D eigenvalue weighted by Crippen LogP contribution is 2.31. The van der Waals surface area contributed by atoms with Gasteiger partial charge in [-0.3, -0.25) is 0 Å². The zero-order chi connectivity index (χ0) is 36.7. The van der Waals surface area contributed by atoms with Gasteiger partial charge in [0.2, 0.25) is 0 Å². The van der Waals surface area contributed by atoms with Crippen LogP contribution in [0.25, 0.3) is 33.4 Å². The van der Waals surface area contributed by atoms with Gasteiger partial charge in [0.25, 0.3) is 0 Å². The molecule has 0 bridgehead atoms. The molecule has 6 aromatic carbocycles. The third-order valence-corrected chi connectivity index (χ3v) is 7.68. The molecule has 0 saturated carbocycles. The van der Waals surface area contributed by atoms with E-state index in [0.717, 1.165) is 6.42 Å². The van der Waals surface area contributed by atoms with Gasteiger partial charge in [-0.1, -0.05) is 183 Å². The molecule has 0 N–H and O–H groups in total. The van der Waals surface area contributed by atoms with Gasteiger partial charge in [-0.25, -0.2) is 0 Å². The van der Waals surface area contributed by atoms with Gasteiger partial charge in [0, 0.05) is 0 Å². The Morgan fingerprint density at radius 3 is 1.48 bits per heavy atom. The first-order chi connectivity index (χ1) is 24.2. The monoisotopic (exact) mass is 658 g/mol. The lowest BCUT2D eigenvalue weighted by atomic mass is 9.92. The van der Waals surface area contributed by atoms with E-state index in [9.17, 15) is 0 Å². The number of aryl methyl sites for hydroxylation is 3. The summed E-state index contributed by atoms with van der Waals surface area (Å²) in [6.45, 7) is 22.0. The van der Waals surface area contributed by atoms with E-state index in [4.69, 9.17) is 0 Å². The van der Waals surface area contributed by atoms with Crippen molar-refractivity contribution < 1.29 is 0 Å². The Morgan fingerprint density at radius 1 is 0.460 bits per heavy atom. The van der Waals surface area contributed by atoms with E-state index in [1.807, 2.05) is 59.8 Å². The summed E-state index contributed by atoms with van der Waals surface area (Å²) in [4.78, 5) is 0. The van der Waals surface area contributed by atoms with Crippen molar-refractivity contribution in [2.75, 3.05) is 0 Å². The quantitative estimate of drug-likeness (QED) is 0.162. The van der Waals surface area contributed by atoms with Gasteiger partial charge in [-0.15, -0.1) is 6.58 Å². The fourth-order valence-corrected chi connectivity index (χ4v) is 5.04. The molecule has 0 radical (unpaired) electrons. The Hall–Kier alpha value is -5.20. The smallest absolute Gasteiger partial charge is 0.00256 e. The average molecular weight is 659 g/mol. The minimum Gasteiger partial charge on any atom is -0.100 e. The van der Waals surface area contributed by atoms with E-state index in [2.05, 4.69) is 173 Å². The van der Waals surface area contributed by atoms with Gasteiger partial charge in [-0.2, -0.15) is 0 Å². The van der Waals surface area contributed by atoms with Crippen LogP contribution in [0.5, 0.6) is 0 Å². The molecule has 0 aliphatic heterocycles. The summed E-state index contributed by atoms with van der Waals surface area (Å²) in [6.07, 6.45) is 4.96. The van der Waals surface area contributed by atoms with Crippen molar-refractivity contribution in [2.24, 2.45) is 0 Å². The number of rotatable bonds is 5. The van der Waals surface area contributed by atoms with Gasteiger partial charge >= 0.3 is 0 Å². The van der Waals surface area contributed by atoms with Crippen LogP contribution >= 0.6 is 0 Å². The van der Waals surface area contributed by atoms with Crippen molar-refractivity contribution in [1.29, 1.82) is 0 Å². The molecule has 258 valence electrons. The predicted octanol–water partition coefficient (Wildman–Crippen LogP) is 15.1. The summed E-state index contributed by atoms with van der Waals surface area (Å²) in [5, 5.41) is 0. The molecule has 6 rings (SSSR count). The molecular weight excluding hydrogens is 601 g/mol. The molecule has 0 unspecified atom stereocenters. The molecule has 6 aromatic rings. The maximum absolute atomic E-state index is 3.56. The molecule has 0 heterocycles. The zero-order valence-electron chi connectivity index (χ0n) is 32.0. The summed E-state index contributed by atoms with van der Waals surface area (Å²) in [5.74, 6) is 0. The van der Waals surface area contributed by atoms with Crippen molar-refractivity contribution in [3.8, 4) is 33.4 Å². The molecular formula is C50H58. The second-order valence-corrected chi connectivity index (χ2v) is 12.3. The standard InChI is InChI=1S/C27H24.C13H12.2C4H8.C2H6/c1-20-9-6-7-14-26(20)27-19-25(16-15-21(27)2)24-13-8-12-23(18-24)17-22-10-4-3-5-11-22;1-11-7-9-13(10-8-11)12-5-3-2-4-6-12;1-4(2)3;1-3-4-2;1-2/h3-16,18-19H,17H2,1-2H3;2-10H,1H3;1H2,2-3H3;3-4H,1-2H3;1-2H3/b;;;4-3-;. The second kappa shape index (κ2) is 23.2. The van der Waals surface area contributed by atoms with Crippen LogP contribution < -0.4 is 0 Å². The van der Waals surface area contributed by atoms with Crippen LogP contribution in [-0.2, 0) is 6.42 Å². The van der Waals surface area contributed by atoms with Crippen LogP contribution in [0.15, 0.2) is 176 Å². The van der Waals surface area contributed by atoms with Crippen LogP contribution in [0.3, 0.4) is 0 Å². The molecule has 0 fully saturated rings. The maximum Gasteiger partial charge on any atom is -0.00256 e. The summed E-state index contributed by atoms with van der Waals surface area (Å²) < 4.78 is 0. The van der Waals surface area contributed by atoms with E-state index < -0.39 is 0 Å². The molecule has 50 heavy (non-hydrogen) atoms. The Morgan fingerprint density at radius 2 is 0.900 bits per heavy atom. The van der Waals surface area contributed by atoms with Crippen LogP contribution in [-0.4, -0.2) is 0 Å². The van der Waals surface area contributed by atoms with E-state index >= 15 is 0 Å². The third-order valence-electron chi connectivity index (χ3n) is 7.68. The van der Waals surface area contributed by atoms with Gasteiger partial charge < -0.3 is 0 Å². The number of benzene rings is 6. The first-order valence-corrected chi connectivity index (χ1v) is 17.8. The molecule has 0 aliphatic rings. The van der Waals surface area contributed by atoms with E-state index in [0.29, 0.717) is 0 Å². The summed E-state index contributed by atoms with van der Waals surface area (Å²) in [5.41, 5.74) is 15.5. The first-order valence-electron chi connectivity index (χ1n) is 17.8. The van der Waals surface area contributed by atoms with Crippen molar-refractivity contribution in [3.05, 3.63) is 204 Å². The van der Waals surface area contributed by atoms with Crippen molar-refractivity contribution in [3.63, 3.8) is 0 Å². The second-order valence-electron chi connectivity index (χ2n) is 12.3. The topological polar surface area (TPSA) is 0 Å². The average Bonchev–Trinajstić information content (AvgIpc) is 3.14. The number of hydrogen-bond donors (Lipinski definition) is 0. The van der Waals surface area contributed by atoms with Gasteiger partial charge in [0.1, 0.15) is 0 Å². The lowest BCUT2D eigenvalue weighted by molar-refractivity contribution is 1.19. The fraction of sp³-hybridized carbons (Fsp3) is 0.200. The summed E-state index contributed by atoms with van der Waals surface area (Å²) in [6, 6.07) is 54.0. The highest BCUT2D eigenvalue weighted by atomic mass is 14.1. The SMILES string of the molecule is C/C=C\C.C=C(C)C.CC.Cc1ccc(-c2ccccc2)cc1.Cc1ccccc1-c1cc(-c2cccc(Cc3ccccc3)c2)ccc1C. The maximum atomic E-state index is 3.56. The Kier molecular flexibility index (Phi) is 19.0. The van der Waals surface area contributed by atoms with Crippen molar-refractivity contribution >= 4 is 0 Å². The van der Waals surface area contributed by atoms with Crippen LogP contribution in [0.4, 0.5) is 0 Å². The largest absolute Gasteiger partial charge is 0.100 e. The van der Waals surface area contributed by atoms with Crippen LogP contribution in [0, 0.1) is 20.8 Å². The molecule has 0 heteroatoms. The van der Waals surface area contributed by atoms with E-state index in [-0.39, 0.29) is 0 Å². The molecule has 0 saturated heterocycles. The molecule has 0 nitrogen and oxygen atoms in total. The van der Waals surface area contributed by atoms with Gasteiger partial charge in [-0.05, 0) is 117 Å². The van der Waals surface area contributed by atoms with Gasteiger partial charge in [0.05, 0.1) is 0 Å². The van der Waals surface area contributed by atoms with E-state index in [1.165, 1.54) is 66.8 Å². The Labute approximate surface area is 304 Å².